The summed E-state index contributed by atoms with van der Waals surface area (Å²) in [4.78, 5) is 2.59. The number of halogens is 2. The van der Waals surface area contributed by atoms with Gasteiger partial charge in [-0.05, 0) is 61.7 Å². The van der Waals surface area contributed by atoms with Gasteiger partial charge in [0.25, 0.3) is 0 Å². The van der Waals surface area contributed by atoms with E-state index < -0.39 is 0 Å². The first-order valence-electron chi connectivity index (χ1n) is 12.2. The third-order valence-corrected chi connectivity index (χ3v) is 6.75. The molecule has 0 N–H and O–H groups in total. The molecule has 6 heteroatoms. The van der Waals surface area contributed by atoms with Crippen LogP contribution in [0.15, 0.2) is 42.5 Å². The largest absolute Gasteiger partial charge is 0.493 e. The second-order valence-corrected chi connectivity index (χ2v) is 9.10. The molecule has 0 bridgehead atoms. The van der Waals surface area contributed by atoms with Crippen LogP contribution in [0, 0.1) is 11.7 Å². The number of hydrogen-bond acceptors (Lipinski definition) is 4. The molecule has 2 aliphatic rings. The Labute approximate surface area is 203 Å². The van der Waals surface area contributed by atoms with Gasteiger partial charge < -0.3 is 19.1 Å². The van der Waals surface area contributed by atoms with Crippen LogP contribution in [-0.2, 0) is 0 Å². The zero-order valence-electron chi connectivity index (χ0n) is 19.6. The van der Waals surface area contributed by atoms with Crippen LogP contribution >= 0.6 is 12.4 Å². The predicted molar refractivity (Wildman–Crippen MR) is 132 cm³/mol. The number of rotatable bonds is 11. The van der Waals surface area contributed by atoms with Crippen LogP contribution in [0.5, 0.6) is 17.2 Å². The van der Waals surface area contributed by atoms with Crippen LogP contribution < -0.4 is 14.2 Å². The molecule has 0 aliphatic carbocycles. The maximum atomic E-state index is 13.5. The number of hydrogen-bond donors (Lipinski definition) is 0. The van der Waals surface area contributed by atoms with Crippen molar-refractivity contribution in [1.82, 2.24) is 4.90 Å². The highest BCUT2D eigenvalue weighted by atomic mass is 35.5. The molecule has 4 rings (SSSR count). The molecule has 182 valence electrons. The van der Waals surface area contributed by atoms with Crippen LogP contribution in [0.25, 0.3) is 0 Å². The molecule has 2 aliphatic heterocycles. The Balaban J connectivity index is 0.00000306. The SMILES string of the molecule is CCCCCCCCN1CC[C@@H](c2ccc(F)cc2)[C@H](COc2ccc3c(c2)OCO3)C1.Cl. The maximum absolute atomic E-state index is 13.5. The van der Waals surface area contributed by atoms with Gasteiger partial charge in [0.05, 0.1) is 6.61 Å². The van der Waals surface area contributed by atoms with Crippen LogP contribution in [0.4, 0.5) is 4.39 Å². The Morgan fingerprint density at radius 3 is 2.55 bits per heavy atom. The number of fused-ring (bicyclic) bond motifs is 1. The monoisotopic (exact) mass is 477 g/mol. The summed E-state index contributed by atoms with van der Waals surface area (Å²) in [5, 5.41) is 0. The molecule has 0 amide bonds. The molecule has 2 heterocycles. The summed E-state index contributed by atoms with van der Waals surface area (Å²) < 4.78 is 30.6. The molecule has 0 unspecified atom stereocenters. The van der Waals surface area contributed by atoms with E-state index in [2.05, 4.69) is 11.8 Å². The van der Waals surface area contributed by atoms with E-state index in [4.69, 9.17) is 14.2 Å². The minimum Gasteiger partial charge on any atom is -0.493 e. The summed E-state index contributed by atoms with van der Waals surface area (Å²) in [6, 6.07) is 12.8. The lowest BCUT2D eigenvalue weighted by Crippen LogP contribution is -2.42. The second-order valence-electron chi connectivity index (χ2n) is 9.10. The molecule has 2 atom stereocenters. The van der Waals surface area contributed by atoms with Gasteiger partial charge in [-0.25, -0.2) is 4.39 Å². The second kappa shape index (κ2) is 13.0. The van der Waals surface area contributed by atoms with Crippen molar-refractivity contribution in [2.24, 2.45) is 5.92 Å². The quantitative estimate of drug-likeness (QED) is 0.332. The molecule has 1 saturated heterocycles. The molecular weight excluding hydrogens is 441 g/mol. The van der Waals surface area contributed by atoms with Gasteiger partial charge in [-0.2, -0.15) is 0 Å². The molecule has 0 aromatic heterocycles. The van der Waals surface area contributed by atoms with Crippen LogP contribution in [0.1, 0.15) is 63.4 Å². The number of benzene rings is 2. The highest BCUT2D eigenvalue weighted by Crippen LogP contribution is 2.37. The molecule has 1 fully saturated rings. The van der Waals surface area contributed by atoms with Crippen molar-refractivity contribution in [3.05, 3.63) is 53.8 Å². The van der Waals surface area contributed by atoms with Gasteiger partial charge in [-0.1, -0.05) is 51.2 Å². The van der Waals surface area contributed by atoms with Gasteiger partial charge in [0.2, 0.25) is 6.79 Å². The highest BCUT2D eigenvalue weighted by Gasteiger charge is 2.31. The average Bonchev–Trinajstić information content (AvgIpc) is 3.29. The van der Waals surface area contributed by atoms with Crippen molar-refractivity contribution < 1.29 is 18.6 Å². The first-order valence-corrected chi connectivity index (χ1v) is 12.2. The van der Waals surface area contributed by atoms with E-state index in [9.17, 15) is 4.39 Å². The third-order valence-electron chi connectivity index (χ3n) is 6.75. The molecule has 0 radical (unpaired) electrons. The summed E-state index contributed by atoms with van der Waals surface area (Å²) >= 11 is 0. The fraction of sp³-hybridized carbons (Fsp3) is 0.556. The van der Waals surface area contributed by atoms with Crippen molar-refractivity contribution in [2.45, 2.75) is 57.8 Å². The van der Waals surface area contributed by atoms with Crippen molar-refractivity contribution in [2.75, 3.05) is 33.0 Å². The maximum Gasteiger partial charge on any atom is 0.231 e. The minimum absolute atomic E-state index is 0. The zero-order chi connectivity index (χ0) is 22.2. The summed E-state index contributed by atoms with van der Waals surface area (Å²) in [7, 11) is 0. The van der Waals surface area contributed by atoms with E-state index in [0.717, 1.165) is 43.3 Å². The molecule has 2 aromatic carbocycles. The fourth-order valence-corrected chi connectivity index (χ4v) is 4.91. The summed E-state index contributed by atoms with van der Waals surface area (Å²) in [5.74, 6) is 2.88. The van der Waals surface area contributed by atoms with Crippen molar-refractivity contribution >= 4 is 12.4 Å². The molecule has 0 spiro atoms. The van der Waals surface area contributed by atoms with E-state index in [-0.39, 0.29) is 25.0 Å². The lowest BCUT2D eigenvalue weighted by molar-refractivity contribution is 0.109. The predicted octanol–water partition coefficient (Wildman–Crippen LogP) is 6.82. The number of likely N-dealkylation sites (tertiary alicyclic amines) is 1. The summed E-state index contributed by atoms with van der Waals surface area (Å²) in [6.45, 7) is 6.43. The van der Waals surface area contributed by atoms with E-state index >= 15 is 0 Å². The Bertz CT molecular complexity index is 848. The van der Waals surface area contributed by atoms with Crippen LogP contribution in [0.2, 0.25) is 0 Å². The van der Waals surface area contributed by atoms with Crippen molar-refractivity contribution in [3.8, 4) is 17.2 Å². The first-order chi connectivity index (χ1) is 15.7. The van der Waals surface area contributed by atoms with E-state index in [1.165, 1.54) is 44.1 Å². The Kier molecular flexibility index (Phi) is 10.1. The fourth-order valence-electron chi connectivity index (χ4n) is 4.91. The van der Waals surface area contributed by atoms with Crippen LogP contribution in [0.3, 0.4) is 0 Å². The van der Waals surface area contributed by atoms with E-state index in [1.54, 1.807) is 12.1 Å². The molecule has 0 saturated carbocycles. The lowest BCUT2D eigenvalue weighted by Gasteiger charge is -2.39. The number of nitrogens with zero attached hydrogens (tertiary/aromatic N) is 1. The molecule has 33 heavy (non-hydrogen) atoms. The van der Waals surface area contributed by atoms with Crippen molar-refractivity contribution in [1.29, 1.82) is 0 Å². The normalized spacial score (nSPS) is 19.8. The first kappa shape index (κ1) is 25.6. The number of ether oxygens (including phenoxy) is 3. The van der Waals surface area contributed by atoms with Gasteiger partial charge in [0.1, 0.15) is 11.6 Å². The molecule has 4 nitrogen and oxygen atoms in total. The minimum atomic E-state index is -0.178. The number of unbranched alkanes of at least 4 members (excludes halogenated alkanes) is 5. The third kappa shape index (κ3) is 7.25. The van der Waals surface area contributed by atoms with Crippen molar-refractivity contribution in [3.63, 3.8) is 0 Å². The zero-order valence-corrected chi connectivity index (χ0v) is 20.5. The highest BCUT2D eigenvalue weighted by molar-refractivity contribution is 5.85. The van der Waals surface area contributed by atoms with Gasteiger partial charge >= 0.3 is 0 Å². The van der Waals surface area contributed by atoms with Gasteiger partial charge in [0, 0.05) is 18.5 Å². The van der Waals surface area contributed by atoms with E-state index in [1.807, 2.05) is 30.3 Å². The topological polar surface area (TPSA) is 30.9 Å². The van der Waals surface area contributed by atoms with Gasteiger partial charge in [-0.3, -0.25) is 0 Å². The Hall–Kier alpha value is -1.98. The Morgan fingerprint density at radius 1 is 0.970 bits per heavy atom. The van der Waals surface area contributed by atoms with Gasteiger partial charge in [-0.15, -0.1) is 12.4 Å². The standard InChI is InChI=1S/C27H36FNO3.ClH/c1-2-3-4-5-6-7-15-29-16-14-25(21-8-10-23(28)11-9-21)22(18-29)19-30-24-12-13-26-27(17-24)32-20-31-26;/h8-13,17,22,25H,2-7,14-16,18-20H2,1H3;1H/t22-,25-;/m0./s1. The number of piperidine rings is 1. The summed E-state index contributed by atoms with van der Waals surface area (Å²) in [6.07, 6.45) is 9.00. The molecule has 2 aromatic rings. The smallest absolute Gasteiger partial charge is 0.231 e. The van der Waals surface area contributed by atoms with Crippen LogP contribution in [-0.4, -0.2) is 37.9 Å². The molecular formula is C27H37ClFNO3. The average molecular weight is 478 g/mol. The Morgan fingerprint density at radius 2 is 1.73 bits per heavy atom. The van der Waals surface area contributed by atoms with E-state index in [0.29, 0.717) is 18.4 Å². The summed E-state index contributed by atoms with van der Waals surface area (Å²) in [5.41, 5.74) is 1.21. The lowest BCUT2D eigenvalue weighted by atomic mass is 9.80. The van der Waals surface area contributed by atoms with Gasteiger partial charge in [0.15, 0.2) is 11.5 Å².